The van der Waals surface area contributed by atoms with Gasteiger partial charge >= 0.3 is 0 Å². The molecule has 0 unspecified atom stereocenters. The molecule has 1 amide bonds. The summed E-state index contributed by atoms with van der Waals surface area (Å²) in [6, 6.07) is 7.79. The summed E-state index contributed by atoms with van der Waals surface area (Å²) in [5, 5.41) is 0. The molecule has 0 spiro atoms. The fraction of sp³-hybridized carbons (Fsp3) is 0.364. The van der Waals surface area contributed by atoms with Gasteiger partial charge in [0.2, 0.25) is 5.91 Å². The molecule has 0 radical (unpaired) electrons. The lowest BCUT2D eigenvalue weighted by atomic mass is 10.3. The summed E-state index contributed by atoms with van der Waals surface area (Å²) in [4.78, 5) is 14.0. The molecular formula is C11H15NO2S2. The zero-order valence-corrected chi connectivity index (χ0v) is 11.2. The van der Waals surface area contributed by atoms with Crippen LogP contribution >= 0.6 is 21.6 Å². The van der Waals surface area contributed by atoms with Crippen molar-refractivity contribution in [1.29, 1.82) is 0 Å². The van der Waals surface area contributed by atoms with Crippen molar-refractivity contribution in [3.05, 3.63) is 24.3 Å². The maximum absolute atomic E-state index is 11.3. The third-order valence-corrected chi connectivity index (χ3v) is 4.13. The lowest BCUT2D eigenvalue weighted by Gasteiger charge is -2.09. The van der Waals surface area contributed by atoms with Gasteiger partial charge < -0.3 is 9.64 Å². The third kappa shape index (κ3) is 4.37. The molecule has 0 bridgehead atoms. The topological polar surface area (TPSA) is 29.5 Å². The van der Waals surface area contributed by atoms with E-state index in [0.29, 0.717) is 5.75 Å². The highest BCUT2D eigenvalue weighted by Gasteiger charge is 2.04. The molecule has 0 saturated heterocycles. The first kappa shape index (κ1) is 13.3. The van der Waals surface area contributed by atoms with E-state index in [9.17, 15) is 4.79 Å². The number of hydrogen-bond acceptors (Lipinski definition) is 4. The number of carbonyl (C=O) groups excluding carboxylic acids is 1. The average Bonchev–Trinajstić information content (AvgIpc) is 2.29. The second-order valence-electron chi connectivity index (χ2n) is 3.31. The van der Waals surface area contributed by atoms with Gasteiger partial charge in [0.15, 0.2) is 0 Å². The summed E-state index contributed by atoms with van der Waals surface area (Å²) in [6.45, 7) is 0. The molecule has 16 heavy (non-hydrogen) atoms. The number of amides is 1. The minimum Gasteiger partial charge on any atom is -0.497 e. The van der Waals surface area contributed by atoms with Crippen LogP contribution in [-0.2, 0) is 4.79 Å². The first-order chi connectivity index (χ1) is 7.63. The van der Waals surface area contributed by atoms with Crippen molar-refractivity contribution in [2.45, 2.75) is 4.90 Å². The van der Waals surface area contributed by atoms with Gasteiger partial charge in [0.1, 0.15) is 5.75 Å². The van der Waals surface area contributed by atoms with Crippen molar-refractivity contribution in [1.82, 2.24) is 4.90 Å². The zero-order chi connectivity index (χ0) is 12.0. The lowest BCUT2D eigenvalue weighted by Crippen LogP contribution is -2.23. The van der Waals surface area contributed by atoms with Crippen LogP contribution in [0.15, 0.2) is 29.2 Å². The Morgan fingerprint density at radius 3 is 2.44 bits per heavy atom. The number of carbonyl (C=O) groups is 1. The highest BCUT2D eigenvalue weighted by atomic mass is 33.1. The van der Waals surface area contributed by atoms with E-state index >= 15 is 0 Å². The molecule has 5 heteroatoms. The van der Waals surface area contributed by atoms with E-state index in [4.69, 9.17) is 4.74 Å². The van der Waals surface area contributed by atoms with Gasteiger partial charge in [0.05, 0.1) is 12.9 Å². The Hall–Kier alpha value is -0.810. The van der Waals surface area contributed by atoms with Gasteiger partial charge in [0, 0.05) is 19.0 Å². The molecule has 0 aliphatic carbocycles. The smallest absolute Gasteiger partial charge is 0.232 e. The summed E-state index contributed by atoms with van der Waals surface area (Å²) in [5.74, 6) is 1.47. The van der Waals surface area contributed by atoms with Crippen LogP contribution < -0.4 is 4.74 Å². The van der Waals surface area contributed by atoms with Gasteiger partial charge in [-0.3, -0.25) is 4.79 Å². The number of rotatable bonds is 5. The van der Waals surface area contributed by atoms with E-state index < -0.39 is 0 Å². The second kappa shape index (κ2) is 6.70. The molecule has 3 nitrogen and oxygen atoms in total. The standard InChI is InChI=1S/C11H15NO2S2/c1-12(2)11(13)8-15-16-10-6-4-9(14-3)5-7-10/h4-7H,8H2,1-3H3/i8+1,11+1. The van der Waals surface area contributed by atoms with Crippen molar-refractivity contribution in [2.24, 2.45) is 0 Å². The molecule has 0 N–H and O–H groups in total. The first-order valence-corrected chi connectivity index (χ1v) is 7.09. The number of methoxy groups -OCH3 is 1. The highest BCUT2D eigenvalue weighted by Crippen LogP contribution is 2.31. The fourth-order valence-electron chi connectivity index (χ4n) is 0.908. The Kier molecular flexibility index (Phi) is 5.55. The van der Waals surface area contributed by atoms with Crippen molar-refractivity contribution < 1.29 is 9.53 Å². The van der Waals surface area contributed by atoms with Gasteiger partial charge in [0.25, 0.3) is 0 Å². The van der Waals surface area contributed by atoms with Crippen LogP contribution in [0, 0.1) is 0 Å². The van der Waals surface area contributed by atoms with Crippen molar-refractivity contribution in [3.63, 3.8) is 0 Å². The molecule has 0 atom stereocenters. The van der Waals surface area contributed by atoms with Crippen LogP contribution in [0.4, 0.5) is 0 Å². The lowest BCUT2D eigenvalue weighted by molar-refractivity contribution is -0.125. The SMILES string of the molecule is COc1ccc(SS[13CH2][13C](=O)N(C)C)cc1. The maximum Gasteiger partial charge on any atom is 0.232 e. The predicted molar refractivity (Wildman–Crippen MR) is 70.0 cm³/mol. The van der Waals surface area contributed by atoms with Gasteiger partial charge in [-0.15, -0.1) is 0 Å². The van der Waals surface area contributed by atoms with Crippen LogP contribution in [-0.4, -0.2) is 37.8 Å². The first-order valence-electron chi connectivity index (χ1n) is 4.77. The normalized spacial score (nSPS) is 9.94. The predicted octanol–water partition coefficient (Wildman–Crippen LogP) is 2.52. The van der Waals surface area contributed by atoms with E-state index in [0.717, 1.165) is 10.6 Å². The summed E-state index contributed by atoms with van der Waals surface area (Å²) in [6.07, 6.45) is 0. The second-order valence-corrected chi connectivity index (χ2v) is 5.68. The van der Waals surface area contributed by atoms with Crippen molar-refractivity contribution >= 4 is 27.5 Å². The summed E-state index contributed by atoms with van der Waals surface area (Å²) >= 11 is 0. The molecule has 1 aromatic carbocycles. The number of nitrogens with zero attached hydrogens (tertiary/aromatic N) is 1. The Balaban J connectivity index is 2.34. The summed E-state index contributed by atoms with van der Waals surface area (Å²) < 4.78 is 5.07. The van der Waals surface area contributed by atoms with E-state index in [1.807, 2.05) is 24.3 Å². The van der Waals surface area contributed by atoms with E-state index in [-0.39, 0.29) is 5.91 Å². The van der Waals surface area contributed by atoms with Crippen LogP contribution in [0.1, 0.15) is 0 Å². The van der Waals surface area contributed by atoms with E-state index in [1.165, 1.54) is 0 Å². The van der Waals surface area contributed by atoms with Crippen LogP contribution in [0.25, 0.3) is 0 Å². The van der Waals surface area contributed by atoms with Crippen molar-refractivity contribution in [2.75, 3.05) is 27.0 Å². The molecule has 0 aliphatic heterocycles. The van der Waals surface area contributed by atoms with Crippen LogP contribution in [0.3, 0.4) is 0 Å². The molecule has 0 aliphatic rings. The Morgan fingerprint density at radius 1 is 1.31 bits per heavy atom. The average molecular weight is 259 g/mol. The van der Waals surface area contributed by atoms with Gasteiger partial charge in [-0.05, 0) is 24.3 Å². The number of benzene rings is 1. The van der Waals surface area contributed by atoms with Crippen LogP contribution in [0.5, 0.6) is 5.75 Å². The van der Waals surface area contributed by atoms with E-state index in [2.05, 4.69) is 0 Å². The van der Waals surface area contributed by atoms with E-state index in [1.54, 1.807) is 47.7 Å². The van der Waals surface area contributed by atoms with Gasteiger partial charge in [-0.2, -0.15) is 0 Å². The van der Waals surface area contributed by atoms with Crippen molar-refractivity contribution in [3.8, 4) is 5.75 Å². The van der Waals surface area contributed by atoms with Crippen LogP contribution in [0.2, 0.25) is 0 Å². The Bertz CT molecular complexity index is 338. The maximum atomic E-state index is 11.3. The zero-order valence-electron chi connectivity index (χ0n) is 9.60. The quantitative estimate of drug-likeness (QED) is 0.600. The number of ether oxygens (including phenoxy) is 1. The highest BCUT2D eigenvalue weighted by molar-refractivity contribution is 8.76. The molecule has 0 saturated carbocycles. The Morgan fingerprint density at radius 2 is 1.94 bits per heavy atom. The minimum absolute atomic E-state index is 0.131. The molecule has 1 rings (SSSR count). The molecule has 1 aromatic rings. The Labute approximate surface area is 104 Å². The fourth-order valence-corrected chi connectivity index (χ4v) is 2.93. The molecule has 0 fully saturated rings. The molecule has 0 heterocycles. The largest absolute Gasteiger partial charge is 0.497 e. The molecule has 0 aromatic heterocycles. The molecular weight excluding hydrogens is 244 g/mol. The summed E-state index contributed by atoms with van der Waals surface area (Å²) in [7, 11) is 8.31. The number of hydrogen-bond donors (Lipinski definition) is 0. The third-order valence-electron chi connectivity index (χ3n) is 1.90. The molecule has 88 valence electrons. The van der Waals surface area contributed by atoms with Gasteiger partial charge in [-0.1, -0.05) is 21.6 Å². The van der Waals surface area contributed by atoms with Gasteiger partial charge in [-0.25, -0.2) is 0 Å². The summed E-state index contributed by atoms with van der Waals surface area (Å²) in [5.41, 5.74) is 0. The minimum atomic E-state index is 0.131. The monoisotopic (exact) mass is 259 g/mol.